The van der Waals surface area contributed by atoms with Crippen LogP contribution in [-0.2, 0) is 111 Å². The predicted molar refractivity (Wildman–Crippen MR) is 406 cm³/mol. The summed E-state index contributed by atoms with van der Waals surface area (Å²) in [6.07, 6.45) is 9.06. The van der Waals surface area contributed by atoms with Gasteiger partial charge in [0.15, 0.2) is 14.8 Å². The van der Waals surface area contributed by atoms with Crippen LogP contribution in [0.15, 0.2) is 108 Å². The molecule has 3 amide bonds. The molecule has 11 N–H and O–H groups in total. The first-order valence-electron chi connectivity index (χ1n) is 35.3. The van der Waals surface area contributed by atoms with Crippen LogP contribution in [0.2, 0.25) is 0 Å². The number of alkyl halides is 1. The van der Waals surface area contributed by atoms with Crippen molar-refractivity contribution in [2.75, 3.05) is 99.3 Å². The summed E-state index contributed by atoms with van der Waals surface area (Å²) in [4.78, 5) is 77.0. The van der Waals surface area contributed by atoms with Crippen molar-refractivity contribution in [1.29, 1.82) is 0 Å². The van der Waals surface area contributed by atoms with E-state index in [1.807, 2.05) is 13.8 Å². The van der Waals surface area contributed by atoms with Gasteiger partial charge >= 0.3 is 24.8 Å². The molecule has 51 heteroatoms. The number of unbranched alkanes of at least 4 members (excludes halogenated alkanes) is 2. The summed E-state index contributed by atoms with van der Waals surface area (Å²) < 4.78 is 228. The zero-order valence-electron chi connectivity index (χ0n) is 61.9. The molecule has 0 radical (unpaired) electrons. The van der Waals surface area contributed by atoms with Crippen molar-refractivity contribution in [3.8, 4) is 11.8 Å². The van der Waals surface area contributed by atoms with Gasteiger partial charge < -0.3 is 60.1 Å². The average molecular weight is 1750 g/mol. The van der Waals surface area contributed by atoms with Crippen LogP contribution in [0, 0.1) is 17.3 Å². The van der Waals surface area contributed by atoms with Crippen molar-refractivity contribution < 1.29 is 126 Å². The van der Waals surface area contributed by atoms with E-state index in [2.05, 4.69) is 66.4 Å². The lowest BCUT2D eigenvalue weighted by Gasteiger charge is -2.34. The molecule has 1 aromatic carbocycles. The number of ether oxygens (including phenoxy) is 5. The molecule has 628 valence electrons. The van der Waals surface area contributed by atoms with E-state index in [1.54, 1.807) is 53.2 Å². The van der Waals surface area contributed by atoms with Gasteiger partial charge in [0.05, 0.1) is 77.4 Å². The minimum absolute atomic E-state index is 0.0141. The molecule has 9 unspecified atom stereocenters. The molecule has 115 heavy (non-hydrogen) atoms. The Morgan fingerprint density at radius 3 is 2.34 bits per heavy atom. The number of rotatable bonds is 43. The number of fused-ring (bicyclic) bond motifs is 2. The van der Waals surface area contributed by atoms with Crippen molar-refractivity contribution in [3.63, 3.8) is 0 Å². The van der Waals surface area contributed by atoms with Crippen molar-refractivity contribution in [3.05, 3.63) is 131 Å². The molecular formula is C64H86FN15O28P3S4+3. The number of hydrogen-bond donors (Lipinski definition) is 10. The Balaban J connectivity index is 0.764. The first-order valence-corrected chi connectivity index (χ1v) is 44.8. The molecule has 8 rings (SSSR count). The summed E-state index contributed by atoms with van der Waals surface area (Å²) in [5, 5.41) is 14.6. The Morgan fingerprint density at radius 2 is 1.63 bits per heavy atom. The van der Waals surface area contributed by atoms with E-state index in [-0.39, 0.29) is 113 Å². The topological polar surface area (TPSA) is 629 Å². The lowest BCUT2D eigenvalue weighted by molar-refractivity contribution is -0.126. The van der Waals surface area contributed by atoms with Gasteiger partial charge in [-0.25, -0.2) is 4.39 Å². The number of nitrogens with zero attached hydrogens (tertiary/aromatic N) is 10. The molecule has 12 atom stereocenters. The standard InChI is InChI=1S/C64H83FN15O28P3S4/c1-63(2)45-33-43(114(95,96)97)18-20-47(45)78(26-30-112(89,90)91)51(63)15-6-4-7-16-52-64(3,46-34-44(115(98,99)100)19-21-48(46)79(52)27-31-113(92,93)94)22-9-5-8-17-53(81)70-24-25-71-59(83)40-12-10-14-42(32-40)103-39-55(74-76-67)102-29-28-101-38-54(82)69-23-11-13-41-36-80(58-57(41)60(84)73-62(66)72-58)56-35-49(106-61(65)75-77-68)50(105-56)37-104-110(87)108-111(88)107-109(85)86/h4,6-7,15-16,19,21,32-34,41-42,49-51,55-56,61H,5,8-10,12,14,17-18,20,22-31,35-39H2,1-3H3,(H8-3,66,69,70,71,72,73,81,82,83,84,85,86,89,90,91,92,93,94,95,96,97,98,99,100)/p+3/b7-4+,15-6+,52-16-/t41?,42?,49?,50-,51?,55?,56-,61-,64?/m1/s1. The monoisotopic (exact) mass is 1750 g/mol. The number of nitrogens with two attached hydrogens (primary N) is 1. The van der Waals surface area contributed by atoms with Crippen LogP contribution in [-0.4, -0.2) is 216 Å². The van der Waals surface area contributed by atoms with E-state index in [1.165, 1.54) is 23.1 Å². The first-order chi connectivity index (χ1) is 54.2. The van der Waals surface area contributed by atoms with Gasteiger partial charge in [-0.05, 0) is 116 Å². The van der Waals surface area contributed by atoms with Crippen LogP contribution < -0.4 is 37.0 Å². The number of nitrogens with one attached hydrogen (secondary N) is 4. The number of nitrogen functional groups attached to an aromatic ring is 1. The molecule has 2 aromatic rings. The van der Waals surface area contributed by atoms with E-state index in [0.717, 1.165) is 6.07 Å². The highest BCUT2D eigenvalue weighted by Crippen LogP contribution is 2.53. The minimum atomic E-state index is -4.74. The van der Waals surface area contributed by atoms with Gasteiger partial charge in [-0.1, -0.05) is 67.9 Å². The molecule has 6 aliphatic rings. The second-order valence-corrected chi connectivity index (χ2v) is 36.2. The number of amides is 3. The number of allylic oxidation sites excluding steroid dienone is 8. The van der Waals surface area contributed by atoms with Crippen molar-refractivity contribution in [1.82, 2.24) is 30.8 Å². The highest BCUT2D eigenvalue weighted by molar-refractivity contribution is 7.89. The summed E-state index contributed by atoms with van der Waals surface area (Å²) in [5.41, 5.74) is 24.2. The third-order valence-electron chi connectivity index (χ3n) is 19.1. The van der Waals surface area contributed by atoms with Crippen LogP contribution in [0.25, 0.3) is 20.9 Å². The Labute approximate surface area is 662 Å². The Morgan fingerprint density at radius 1 is 0.904 bits per heavy atom. The zero-order chi connectivity index (χ0) is 84.2. The quantitative estimate of drug-likeness (QED) is 0.00411. The largest absolute Gasteiger partial charge is 0.798 e. The summed E-state index contributed by atoms with van der Waals surface area (Å²) in [5.74, 6) is 1.81. The van der Waals surface area contributed by atoms with E-state index in [0.29, 0.717) is 78.7 Å². The second kappa shape index (κ2) is 41.3. The Hall–Kier alpha value is -8.16. The highest BCUT2D eigenvalue weighted by Gasteiger charge is 2.52. The smallest absolute Gasteiger partial charge is 0.371 e. The van der Waals surface area contributed by atoms with Gasteiger partial charge in [0.1, 0.15) is 31.4 Å². The molecule has 5 heterocycles. The maximum absolute atomic E-state index is 14.4. The SMILES string of the molecule is CC1(CCCCCC(=O)NCCNC(=O)C2=CC(OCC(N=[N+]=[N-])OCCOCC(=O)NCC#CC3CN([C@H]4CC(O[C@H](F)N=[N+]=[N-])[C@@H](CO[P+](=O)O[P+](=O)O[P+](=O)O)O4)c4nc(N)[nH]c(=O)c43)CCC2)/C(=C/C=C/C=C/C2N(CCS(=O)(=O)O)C3=C(C=C(S(=O)(=O)O)CC3)C2(C)C)N(CCS(=O)(=O)O)c2ccc(S(=O)(=O)O)cc21. The number of anilines is 3. The van der Waals surface area contributed by atoms with Crippen LogP contribution in [0.4, 0.5) is 21.8 Å². The molecule has 2 aliphatic carbocycles. The summed E-state index contributed by atoms with van der Waals surface area (Å²) in [6, 6.07) is 3.28. The lowest BCUT2D eigenvalue weighted by atomic mass is 9.77. The van der Waals surface area contributed by atoms with Crippen molar-refractivity contribution >= 4 is 100 Å². The summed E-state index contributed by atoms with van der Waals surface area (Å²) in [7, 11) is -28.3. The number of hydrogen-bond acceptors (Lipinski definition) is 30. The lowest BCUT2D eigenvalue weighted by Crippen LogP contribution is -2.39. The van der Waals surface area contributed by atoms with E-state index < -0.39 is 172 Å². The Bertz CT molecular complexity index is 4940. The number of carbonyl (C=O) groups excluding carboxylic acids is 3. The fourth-order valence-corrected chi connectivity index (χ4v) is 17.6. The fraction of sp³-hybridized carbons (Fsp3) is 0.578. The molecule has 1 saturated heterocycles. The number of azide groups is 2. The molecule has 1 aromatic heterocycles. The first kappa shape index (κ1) is 92.4. The van der Waals surface area contributed by atoms with Gasteiger partial charge in [-0.2, -0.15) is 38.7 Å². The second-order valence-electron chi connectivity index (χ2n) is 27.2. The minimum Gasteiger partial charge on any atom is -0.371 e. The van der Waals surface area contributed by atoms with E-state index in [9.17, 15) is 94.7 Å². The van der Waals surface area contributed by atoms with E-state index >= 15 is 0 Å². The van der Waals surface area contributed by atoms with Crippen molar-refractivity contribution in [2.45, 2.75) is 151 Å². The molecule has 4 aliphatic heterocycles. The number of carbonyl (C=O) groups is 3. The summed E-state index contributed by atoms with van der Waals surface area (Å²) in [6.45, 7) is 0.653. The van der Waals surface area contributed by atoms with Gasteiger partial charge in [0.25, 0.3) is 52.5 Å². The van der Waals surface area contributed by atoms with Gasteiger partial charge in [0.2, 0.25) is 23.7 Å². The number of H-pyrrole nitrogens is 1. The maximum Gasteiger partial charge on any atom is 0.798 e. The molecule has 0 bridgehead atoms. The van der Waals surface area contributed by atoms with Crippen molar-refractivity contribution in [2.24, 2.45) is 15.6 Å². The Kier molecular flexibility index (Phi) is 33.2. The maximum atomic E-state index is 14.4. The third kappa shape index (κ3) is 26.7. The normalized spacial score (nSPS) is 22.6. The predicted octanol–water partition coefficient (Wildman–Crippen LogP) is 6.13. The van der Waals surface area contributed by atoms with Gasteiger partial charge in [-0.3, -0.25) is 42.4 Å². The molecule has 0 spiro atoms. The number of aromatic nitrogens is 2. The van der Waals surface area contributed by atoms with Crippen LogP contribution in [0.5, 0.6) is 0 Å². The highest BCUT2D eigenvalue weighted by atomic mass is 32.2. The fourth-order valence-electron chi connectivity index (χ4n) is 13.9. The third-order valence-corrected chi connectivity index (χ3v) is 24.9. The number of aromatic amines is 1. The molecule has 1 fully saturated rings. The number of benzene rings is 1. The van der Waals surface area contributed by atoms with Crippen LogP contribution >= 0.6 is 24.8 Å². The van der Waals surface area contributed by atoms with Crippen LogP contribution in [0.3, 0.4) is 0 Å². The molecule has 43 nitrogen and oxygen atoms in total. The van der Waals surface area contributed by atoms with Gasteiger partial charge in [-0.15, -0.1) is 9.42 Å². The van der Waals surface area contributed by atoms with E-state index in [4.69, 9.17) is 44.4 Å². The zero-order valence-corrected chi connectivity index (χ0v) is 67.8. The summed E-state index contributed by atoms with van der Waals surface area (Å²) >= 11 is 0. The molecule has 0 saturated carbocycles. The molecular weight excluding hydrogens is 1670 g/mol. The van der Waals surface area contributed by atoms with Gasteiger partial charge in [0, 0.05) is 103 Å². The van der Waals surface area contributed by atoms with Crippen LogP contribution in [0.1, 0.15) is 108 Å². The number of halogens is 1. The average Bonchev–Trinajstić information content (AvgIpc) is 1.59.